The van der Waals surface area contributed by atoms with Gasteiger partial charge < -0.3 is 18.9 Å². The fraction of sp³-hybridized carbons (Fsp3) is 0.182. The number of rotatable bonds is 5. The first-order valence-corrected chi connectivity index (χ1v) is 8.74. The first-order chi connectivity index (χ1) is 14.0. The average Bonchev–Trinajstić information content (AvgIpc) is 3.18. The molecule has 0 fully saturated rings. The Morgan fingerprint density at radius 1 is 0.724 bits per heavy atom. The number of nitrogens with zero attached hydrogens (tertiary/aromatic N) is 1. The number of carbonyl (C=O) groups is 2. The van der Waals surface area contributed by atoms with Crippen molar-refractivity contribution >= 4 is 12.1 Å². The van der Waals surface area contributed by atoms with Crippen LogP contribution in [0.25, 0.3) is 22.3 Å². The first kappa shape index (κ1) is 20.0. The summed E-state index contributed by atoms with van der Waals surface area (Å²) in [5.41, 5.74) is 2.82. The van der Waals surface area contributed by atoms with Crippen molar-refractivity contribution in [3.8, 4) is 33.8 Å². The molecule has 0 amide bonds. The van der Waals surface area contributed by atoms with Crippen molar-refractivity contribution in [3.05, 3.63) is 60.4 Å². The lowest BCUT2D eigenvalue weighted by atomic mass is 9.96. The Bertz CT molecular complexity index is 1020. The van der Waals surface area contributed by atoms with Crippen LogP contribution in [0, 0.1) is 0 Å². The van der Waals surface area contributed by atoms with Crippen LogP contribution in [0.4, 0.5) is 4.79 Å². The molecule has 0 saturated heterocycles. The van der Waals surface area contributed by atoms with Crippen LogP contribution in [0.15, 0.2) is 54.7 Å². The molecule has 0 saturated carbocycles. The van der Waals surface area contributed by atoms with Crippen molar-refractivity contribution in [2.45, 2.75) is 0 Å². The van der Waals surface area contributed by atoms with Crippen LogP contribution in [-0.4, -0.2) is 45.1 Å². The van der Waals surface area contributed by atoms with E-state index in [4.69, 9.17) is 18.9 Å². The van der Waals surface area contributed by atoms with E-state index in [0.29, 0.717) is 22.6 Å². The van der Waals surface area contributed by atoms with Gasteiger partial charge in [-0.25, -0.2) is 14.2 Å². The molecule has 1 aromatic heterocycles. The van der Waals surface area contributed by atoms with Gasteiger partial charge in [0.05, 0.1) is 28.4 Å². The maximum absolute atomic E-state index is 12.6. The van der Waals surface area contributed by atoms with E-state index in [0.717, 1.165) is 15.7 Å². The fourth-order valence-corrected chi connectivity index (χ4v) is 3.08. The molecule has 0 aliphatic carbocycles. The van der Waals surface area contributed by atoms with Crippen LogP contribution in [0.1, 0.15) is 10.5 Å². The van der Waals surface area contributed by atoms with E-state index in [1.807, 2.05) is 24.3 Å². The summed E-state index contributed by atoms with van der Waals surface area (Å²) in [5, 5.41) is 0. The largest absolute Gasteiger partial charge is 0.497 e. The minimum atomic E-state index is -0.695. The molecule has 2 aromatic carbocycles. The lowest BCUT2D eigenvalue weighted by Crippen LogP contribution is -2.18. The Labute approximate surface area is 168 Å². The number of esters is 1. The molecule has 3 rings (SSSR count). The summed E-state index contributed by atoms with van der Waals surface area (Å²) in [6, 6.07) is 14.5. The minimum Gasteiger partial charge on any atom is -0.497 e. The third kappa shape index (κ3) is 3.80. The molecule has 3 aromatic rings. The Kier molecular flexibility index (Phi) is 5.87. The maximum atomic E-state index is 12.6. The van der Waals surface area contributed by atoms with E-state index in [1.54, 1.807) is 44.7 Å². The molecule has 7 nitrogen and oxygen atoms in total. The van der Waals surface area contributed by atoms with Gasteiger partial charge in [0.25, 0.3) is 0 Å². The molecule has 29 heavy (non-hydrogen) atoms. The Morgan fingerprint density at radius 2 is 1.24 bits per heavy atom. The number of ether oxygens (including phenoxy) is 4. The highest BCUT2D eigenvalue weighted by Crippen LogP contribution is 2.38. The highest BCUT2D eigenvalue weighted by molar-refractivity contribution is 6.04. The van der Waals surface area contributed by atoms with Crippen molar-refractivity contribution in [1.82, 2.24) is 4.57 Å². The van der Waals surface area contributed by atoms with E-state index < -0.39 is 12.1 Å². The van der Waals surface area contributed by atoms with E-state index >= 15 is 0 Å². The number of benzene rings is 2. The van der Waals surface area contributed by atoms with Gasteiger partial charge in [0, 0.05) is 17.3 Å². The zero-order chi connectivity index (χ0) is 21.0. The lowest BCUT2D eigenvalue weighted by molar-refractivity contribution is 0.0588. The summed E-state index contributed by atoms with van der Waals surface area (Å²) >= 11 is 0. The maximum Gasteiger partial charge on any atom is 0.418 e. The highest BCUT2D eigenvalue weighted by atomic mass is 16.5. The van der Waals surface area contributed by atoms with Crippen molar-refractivity contribution in [1.29, 1.82) is 0 Å². The topological polar surface area (TPSA) is 76.0 Å². The normalized spacial score (nSPS) is 10.3. The van der Waals surface area contributed by atoms with Crippen LogP contribution < -0.4 is 9.47 Å². The second-order valence-corrected chi connectivity index (χ2v) is 6.06. The molecule has 0 aliphatic rings. The Balaban J connectivity index is 2.31. The van der Waals surface area contributed by atoms with E-state index in [2.05, 4.69) is 0 Å². The molecule has 0 aliphatic heterocycles. The molecule has 0 atom stereocenters. The summed E-state index contributed by atoms with van der Waals surface area (Å²) in [4.78, 5) is 25.0. The summed E-state index contributed by atoms with van der Waals surface area (Å²) in [6.07, 6.45) is 0.874. The van der Waals surface area contributed by atoms with Gasteiger partial charge in [-0.15, -0.1) is 0 Å². The van der Waals surface area contributed by atoms with Crippen molar-refractivity contribution in [3.63, 3.8) is 0 Å². The molecule has 7 heteroatoms. The van der Waals surface area contributed by atoms with Gasteiger partial charge in [-0.2, -0.15) is 0 Å². The molecular weight excluding hydrogens is 374 g/mol. The molecule has 1 heterocycles. The average molecular weight is 395 g/mol. The highest BCUT2D eigenvalue weighted by Gasteiger charge is 2.27. The molecular formula is C22H21NO6. The van der Waals surface area contributed by atoms with Crippen molar-refractivity contribution < 1.29 is 28.5 Å². The number of aromatic nitrogens is 1. The van der Waals surface area contributed by atoms with E-state index in [-0.39, 0.29) is 5.69 Å². The fourth-order valence-electron chi connectivity index (χ4n) is 3.08. The van der Waals surface area contributed by atoms with Crippen LogP contribution in [0.3, 0.4) is 0 Å². The van der Waals surface area contributed by atoms with Gasteiger partial charge in [-0.1, -0.05) is 24.3 Å². The first-order valence-electron chi connectivity index (χ1n) is 8.74. The van der Waals surface area contributed by atoms with Gasteiger partial charge in [0.15, 0.2) is 0 Å². The molecule has 150 valence electrons. The van der Waals surface area contributed by atoms with Crippen LogP contribution in [-0.2, 0) is 9.47 Å². The van der Waals surface area contributed by atoms with Crippen LogP contribution in [0.5, 0.6) is 11.5 Å². The van der Waals surface area contributed by atoms with Gasteiger partial charge in [-0.3, -0.25) is 0 Å². The zero-order valence-electron chi connectivity index (χ0n) is 16.6. The molecule has 0 radical (unpaired) electrons. The summed E-state index contributed by atoms with van der Waals surface area (Å²) < 4.78 is 21.4. The number of carbonyl (C=O) groups excluding carboxylic acids is 2. The SMILES string of the molecule is COC(=O)c1c(-c2ccc(OC)cc2)c(-c2ccc(OC)cc2)cn1C(=O)OC. The summed E-state index contributed by atoms with van der Waals surface area (Å²) in [5.74, 6) is 0.716. The van der Waals surface area contributed by atoms with Crippen LogP contribution in [0.2, 0.25) is 0 Å². The monoisotopic (exact) mass is 395 g/mol. The second kappa shape index (κ2) is 8.52. The molecule has 0 N–H and O–H groups in total. The number of hydrogen-bond acceptors (Lipinski definition) is 6. The molecule has 0 spiro atoms. The smallest absolute Gasteiger partial charge is 0.418 e. The molecule has 0 unspecified atom stereocenters. The second-order valence-electron chi connectivity index (χ2n) is 6.06. The summed E-state index contributed by atoms with van der Waals surface area (Å²) in [6.45, 7) is 0. The quantitative estimate of drug-likeness (QED) is 0.602. The number of methoxy groups -OCH3 is 4. The van der Waals surface area contributed by atoms with Crippen molar-refractivity contribution in [2.24, 2.45) is 0 Å². The van der Waals surface area contributed by atoms with Crippen molar-refractivity contribution in [2.75, 3.05) is 28.4 Å². The standard InChI is InChI=1S/C22H21NO6/c1-26-16-9-5-14(6-10-16)18-13-23(22(25)29-4)20(21(24)28-3)19(18)15-7-11-17(27-2)12-8-15/h5-13H,1-4H3. The van der Waals surface area contributed by atoms with E-state index in [1.165, 1.54) is 14.2 Å². The van der Waals surface area contributed by atoms with Gasteiger partial charge in [0.2, 0.25) is 0 Å². The predicted octanol–water partition coefficient (Wildman–Crippen LogP) is 4.24. The zero-order valence-corrected chi connectivity index (χ0v) is 16.6. The minimum absolute atomic E-state index is 0.0790. The number of hydrogen-bond donors (Lipinski definition) is 0. The summed E-state index contributed by atoms with van der Waals surface area (Å²) in [7, 11) is 5.68. The third-order valence-electron chi connectivity index (χ3n) is 4.54. The third-order valence-corrected chi connectivity index (χ3v) is 4.54. The lowest BCUT2D eigenvalue weighted by Gasteiger charge is -2.10. The Morgan fingerprint density at radius 3 is 1.69 bits per heavy atom. The van der Waals surface area contributed by atoms with Gasteiger partial charge >= 0.3 is 12.1 Å². The van der Waals surface area contributed by atoms with Gasteiger partial charge in [-0.05, 0) is 35.4 Å². The molecule has 0 bridgehead atoms. The van der Waals surface area contributed by atoms with Gasteiger partial charge in [0.1, 0.15) is 17.2 Å². The predicted molar refractivity (Wildman–Crippen MR) is 108 cm³/mol. The Hall–Kier alpha value is -3.74. The van der Waals surface area contributed by atoms with Crippen LogP contribution >= 0.6 is 0 Å². The van der Waals surface area contributed by atoms with E-state index in [9.17, 15) is 9.59 Å².